The van der Waals surface area contributed by atoms with Crippen LogP contribution in [0.1, 0.15) is 17.5 Å². The number of nitrogens with one attached hydrogen (secondary N) is 1. The molecule has 1 saturated heterocycles. The number of methoxy groups -OCH3 is 1. The van der Waals surface area contributed by atoms with Crippen LogP contribution in [0.2, 0.25) is 5.02 Å². The van der Waals surface area contributed by atoms with Gasteiger partial charge in [-0.2, -0.15) is 0 Å². The zero-order chi connectivity index (χ0) is 18.8. The lowest BCUT2D eigenvalue weighted by Crippen LogP contribution is -2.29. The van der Waals surface area contributed by atoms with E-state index in [2.05, 4.69) is 5.32 Å². The largest absolute Gasteiger partial charge is 0.495 e. The Morgan fingerprint density at radius 1 is 1.23 bits per heavy atom. The summed E-state index contributed by atoms with van der Waals surface area (Å²) in [7, 11) is 1.53. The van der Waals surface area contributed by atoms with Gasteiger partial charge in [0.05, 0.1) is 18.7 Å². The molecule has 0 unspecified atom stereocenters. The Kier molecular flexibility index (Phi) is 5.18. The van der Waals surface area contributed by atoms with Crippen molar-refractivity contribution >= 4 is 34.8 Å². The minimum absolute atomic E-state index is 0.0411. The third kappa shape index (κ3) is 3.53. The van der Waals surface area contributed by atoms with E-state index in [-0.39, 0.29) is 18.2 Å². The number of rotatable bonds is 4. The maximum atomic E-state index is 12.7. The highest BCUT2D eigenvalue weighted by Gasteiger charge is 2.36. The molecule has 1 aliphatic rings. The number of para-hydroxylation sites is 1. The second-order valence-corrected chi connectivity index (χ2v) is 6.92. The molecule has 0 spiro atoms. The van der Waals surface area contributed by atoms with Crippen LogP contribution in [0.3, 0.4) is 0 Å². The number of anilines is 2. The summed E-state index contributed by atoms with van der Waals surface area (Å²) in [5.74, 6) is -0.155. The molecule has 1 N–H and O–H groups in total. The molecule has 0 radical (unpaired) electrons. The standard InChI is InChI=1S/C20H21ClN2O3/c1-12-5-4-6-13(2)19(12)23-11-14(9-18(23)24)20(25)22-16-10-15(21)7-8-17(16)26-3/h4-8,10,14H,9,11H2,1-3H3,(H,22,25)/t14-/m1/s1. The lowest BCUT2D eigenvalue weighted by atomic mass is 10.1. The minimum Gasteiger partial charge on any atom is -0.495 e. The first kappa shape index (κ1) is 18.3. The number of halogens is 1. The van der Waals surface area contributed by atoms with Crippen LogP contribution >= 0.6 is 11.6 Å². The third-order valence-electron chi connectivity index (χ3n) is 4.62. The molecule has 1 fully saturated rings. The molecule has 1 atom stereocenters. The van der Waals surface area contributed by atoms with E-state index in [1.807, 2.05) is 32.0 Å². The molecule has 0 saturated carbocycles. The van der Waals surface area contributed by atoms with Crippen LogP contribution in [0.15, 0.2) is 36.4 Å². The number of carbonyl (C=O) groups is 2. The molecule has 2 aromatic rings. The summed E-state index contributed by atoms with van der Waals surface area (Å²) in [6, 6.07) is 10.9. The first-order chi connectivity index (χ1) is 12.4. The van der Waals surface area contributed by atoms with Crippen molar-refractivity contribution in [1.29, 1.82) is 0 Å². The second-order valence-electron chi connectivity index (χ2n) is 6.48. The Balaban J connectivity index is 1.79. The topological polar surface area (TPSA) is 58.6 Å². The Morgan fingerprint density at radius 2 is 1.92 bits per heavy atom. The van der Waals surface area contributed by atoms with Gasteiger partial charge in [-0.05, 0) is 43.2 Å². The number of hydrogen-bond acceptors (Lipinski definition) is 3. The number of amides is 2. The smallest absolute Gasteiger partial charge is 0.229 e. The van der Waals surface area contributed by atoms with E-state index in [0.29, 0.717) is 23.0 Å². The number of carbonyl (C=O) groups excluding carboxylic acids is 2. The van der Waals surface area contributed by atoms with Crippen LogP contribution in [0.5, 0.6) is 5.75 Å². The summed E-state index contributed by atoms with van der Waals surface area (Å²) in [5, 5.41) is 3.34. The Hall–Kier alpha value is -2.53. The molecule has 0 aliphatic carbocycles. The predicted molar refractivity (Wildman–Crippen MR) is 103 cm³/mol. The Bertz CT molecular complexity index is 846. The van der Waals surface area contributed by atoms with E-state index in [1.54, 1.807) is 23.1 Å². The van der Waals surface area contributed by atoms with Gasteiger partial charge in [0.25, 0.3) is 0 Å². The van der Waals surface area contributed by atoms with Gasteiger partial charge in [-0.15, -0.1) is 0 Å². The SMILES string of the molecule is COc1ccc(Cl)cc1NC(=O)[C@@H]1CC(=O)N(c2c(C)cccc2C)C1. The number of nitrogens with zero attached hydrogens (tertiary/aromatic N) is 1. The normalized spacial score (nSPS) is 16.7. The van der Waals surface area contributed by atoms with Gasteiger partial charge in [-0.3, -0.25) is 9.59 Å². The van der Waals surface area contributed by atoms with Crippen LogP contribution in [0.4, 0.5) is 11.4 Å². The molecule has 6 heteroatoms. The van der Waals surface area contributed by atoms with Crippen molar-refractivity contribution < 1.29 is 14.3 Å². The second kappa shape index (κ2) is 7.38. The third-order valence-corrected chi connectivity index (χ3v) is 4.86. The van der Waals surface area contributed by atoms with Crippen LogP contribution in [-0.4, -0.2) is 25.5 Å². The zero-order valence-corrected chi connectivity index (χ0v) is 15.8. The summed E-state index contributed by atoms with van der Waals surface area (Å²) in [5.41, 5.74) is 3.45. The van der Waals surface area contributed by atoms with Gasteiger partial charge >= 0.3 is 0 Å². The van der Waals surface area contributed by atoms with Gasteiger partial charge in [-0.1, -0.05) is 29.8 Å². The molecule has 3 rings (SSSR count). The summed E-state index contributed by atoms with van der Waals surface area (Å²) in [6.07, 6.45) is 0.183. The molecule has 2 amide bonds. The summed E-state index contributed by atoms with van der Waals surface area (Å²) in [4.78, 5) is 26.9. The number of benzene rings is 2. The first-order valence-corrected chi connectivity index (χ1v) is 8.79. The van der Waals surface area contributed by atoms with Crippen molar-refractivity contribution in [3.63, 3.8) is 0 Å². The lowest BCUT2D eigenvalue weighted by molar-refractivity contribution is -0.122. The zero-order valence-electron chi connectivity index (χ0n) is 15.0. The van der Waals surface area contributed by atoms with Gasteiger partial charge in [0.15, 0.2) is 0 Å². The predicted octanol–water partition coefficient (Wildman–Crippen LogP) is 3.96. The van der Waals surface area contributed by atoms with E-state index in [4.69, 9.17) is 16.3 Å². The first-order valence-electron chi connectivity index (χ1n) is 8.41. The highest BCUT2D eigenvalue weighted by molar-refractivity contribution is 6.31. The van der Waals surface area contributed by atoms with Crippen molar-refractivity contribution in [3.8, 4) is 5.75 Å². The molecule has 1 heterocycles. The van der Waals surface area contributed by atoms with E-state index in [1.165, 1.54) is 7.11 Å². The van der Waals surface area contributed by atoms with Gasteiger partial charge in [-0.25, -0.2) is 0 Å². The fourth-order valence-corrected chi connectivity index (χ4v) is 3.52. The monoisotopic (exact) mass is 372 g/mol. The molecular formula is C20H21ClN2O3. The van der Waals surface area contributed by atoms with Crippen molar-refractivity contribution in [1.82, 2.24) is 0 Å². The van der Waals surface area contributed by atoms with Gasteiger partial charge in [0.2, 0.25) is 11.8 Å². The maximum Gasteiger partial charge on any atom is 0.229 e. The van der Waals surface area contributed by atoms with Crippen molar-refractivity contribution in [2.45, 2.75) is 20.3 Å². The minimum atomic E-state index is -0.426. The van der Waals surface area contributed by atoms with E-state index < -0.39 is 5.92 Å². The van der Waals surface area contributed by atoms with Gasteiger partial charge in [0, 0.05) is 23.7 Å². The highest BCUT2D eigenvalue weighted by atomic mass is 35.5. The van der Waals surface area contributed by atoms with Crippen LogP contribution in [0.25, 0.3) is 0 Å². The van der Waals surface area contributed by atoms with E-state index >= 15 is 0 Å². The quantitative estimate of drug-likeness (QED) is 0.883. The Morgan fingerprint density at radius 3 is 2.58 bits per heavy atom. The molecule has 0 bridgehead atoms. The van der Waals surface area contributed by atoms with Crippen molar-refractivity contribution in [2.24, 2.45) is 5.92 Å². The van der Waals surface area contributed by atoms with Crippen LogP contribution in [-0.2, 0) is 9.59 Å². The highest BCUT2D eigenvalue weighted by Crippen LogP contribution is 2.33. The van der Waals surface area contributed by atoms with Gasteiger partial charge < -0.3 is 15.0 Å². The average molecular weight is 373 g/mol. The molecule has 0 aromatic heterocycles. The molecule has 136 valence electrons. The van der Waals surface area contributed by atoms with Crippen LogP contribution in [0, 0.1) is 19.8 Å². The maximum absolute atomic E-state index is 12.7. The Labute approximate surface area is 157 Å². The molecular weight excluding hydrogens is 352 g/mol. The fourth-order valence-electron chi connectivity index (χ4n) is 3.34. The molecule has 1 aliphatic heterocycles. The van der Waals surface area contributed by atoms with Gasteiger partial charge in [0.1, 0.15) is 5.75 Å². The number of aryl methyl sites for hydroxylation is 2. The molecule has 26 heavy (non-hydrogen) atoms. The average Bonchev–Trinajstić information content (AvgIpc) is 2.97. The number of hydrogen-bond donors (Lipinski definition) is 1. The summed E-state index contributed by atoms with van der Waals surface area (Å²) >= 11 is 6.01. The van der Waals surface area contributed by atoms with Crippen molar-refractivity contribution in [2.75, 3.05) is 23.9 Å². The van der Waals surface area contributed by atoms with E-state index in [0.717, 1.165) is 16.8 Å². The summed E-state index contributed by atoms with van der Waals surface area (Å²) in [6.45, 7) is 4.30. The fraction of sp³-hybridized carbons (Fsp3) is 0.300. The van der Waals surface area contributed by atoms with E-state index in [9.17, 15) is 9.59 Å². The van der Waals surface area contributed by atoms with Crippen molar-refractivity contribution in [3.05, 3.63) is 52.5 Å². The summed E-state index contributed by atoms with van der Waals surface area (Å²) < 4.78 is 5.26. The number of ether oxygens (including phenoxy) is 1. The molecule has 2 aromatic carbocycles. The molecule has 5 nitrogen and oxygen atoms in total. The van der Waals surface area contributed by atoms with Crippen LogP contribution < -0.4 is 15.0 Å². The lowest BCUT2D eigenvalue weighted by Gasteiger charge is -2.21.